The van der Waals surface area contributed by atoms with Crippen molar-refractivity contribution >= 4 is 38.3 Å². The molecule has 20 heavy (non-hydrogen) atoms. The number of nitrogens with zero attached hydrogens (tertiary/aromatic N) is 1. The fourth-order valence-electron chi connectivity index (χ4n) is 1.85. The first-order chi connectivity index (χ1) is 9.67. The molecule has 2 rings (SSSR count). The zero-order valence-corrected chi connectivity index (χ0v) is 12.3. The quantitative estimate of drug-likeness (QED) is 0.563. The lowest BCUT2D eigenvalue weighted by Crippen LogP contribution is -2.10. The van der Waals surface area contributed by atoms with E-state index in [2.05, 4.69) is 22.7 Å². The molecule has 1 heterocycles. The van der Waals surface area contributed by atoms with Gasteiger partial charge in [0, 0.05) is 18.2 Å². The van der Waals surface area contributed by atoms with Gasteiger partial charge in [0.25, 0.3) is 0 Å². The second kappa shape index (κ2) is 6.53. The lowest BCUT2D eigenvalue weighted by molar-refractivity contribution is -0.116. The van der Waals surface area contributed by atoms with E-state index < -0.39 is 0 Å². The van der Waals surface area contributed by atoms with Gasteiger partial charge in [0.1, 0.15) is 11.3 Å². The average molecular weight is 294 g/mol. The van der Waals surface area contributed by atoms with Crippen molar-refractivity contribution in [3.8, 4) is 5.75 Å². The molecule has 1 aromatic heterocycles. The van der Waals surface area contributed by atoms with Crippen LogP contribution in [-0.4, -0.2) is 18.0 Å². The second-order valence-electron chi connectivity index (χ2n) is 4.34. The average Bonchev–Trinajstić information content (AvgIpc) is 2.87. The summed E-state index contributed by atoms with van der Waals surface area (Å²) in [5, 5.41) is 3.48. The van der Waals surface area contributed by atoms with Crippen LogP contribution in [-0.2, 0) is 4.79 Å². The summed E-state index contributed by atoms with van der Waals surface area (Å²) in [5.74, 6) is 5.99. The Balaban J connectivity index is 2.28. The van der Waals surface area contributed by atoms with Crippen molar-refractivity contribution in [1.82, 2.24) is 4.98 Å². The summed E-state index contributed by atoms with van der Waals surface area (Å²) < 4.78 is 6.22. The molecule has 4 N–H and O–H groups in total. The molecule has 7 heteroatoms. The van der Waals surface area contributed by atoms with Crippen LogP contribution in [0.15, 0.2) is 12.1 Å². The highest BCUT2D eigenvalue weighted by molar-refractivity contribution is 7.22. The van der Waals surface area contributed by atoms with E-state index in [1.54, 1.807) is 13.2 Å². The number of carbonyl (C=O) groups is 1. The van der Waals surface area contributed by atoms with Gasteiger partial charge in [0.2, 0.25) is 5.91 Å². The van der Waals surface area contributed by atoms with Crippen LogP contribution in [0.25, 0.3) is 10.2 Å². The minimum Gasteiger partial charge on any atom is -0.494 e. The van der Waals surface area contributed by atoms with E-state index >= 15 is 0 Å². The molecule has 0 atom stereocenters. The molecule has 6 nitrogen and oxygen atoms in total. The summed E-state index contributed by atoms with van der Waals surface area (Å²) in [5.41, 5.74) is 3.96. The van der Waals surface area contributed by atoms with Gasteiger partial charge in [-0.2, -0.15) is 0 Å². The van der Waals surface area contributed by atoms with Gasteiger partial charge in [0.15, 0.2) is 5.13 Å². The molecular weight excluding hydrogens is 276 g/mol. The van der Waals surface area contributed by atoms with Gasteiger partial charge in [-0.3, -0.25) is 10.2 Å². The zero-order valence-electron chi connectivity index (χ0n) is 11.5. The lowest BCUT2D eigenvalue weighted by atomic mass is 10.2. The van der Waals surface area contributed by atoms with E-state index in [1.165, 1.54) is 11.3 Å². The summed E-state index contributed by atoms with van der Waals surface area (Å²) >= 11 is 1.41. The van der Waals surface area contributed by atoms with Crippen molar-refractivity contribution in [3.63, 3.8) is 0 Å². The minimum atomic E-state index is 0.00921. The molecule has 1 aromatic carbocycles. The molecule has 1 amide bonds. The van der Waals surface area contributed by atoms with Crippen molar-refractivity contribution in [2.24, 2.45) is 5.84 Å². The van der Waals surface area contributed by atoms with Crippen LogP contribution in [0.2, 0.25) is 0 Å². The summed E-state index contributed by atoms with van der Waals surface area (Å²) in [6, 6.07) is 3.65. The largest absolute Gasteiger partial charge is 0.494 e. The molecule has 0 spiro atoms. The van der Waals surface area contributed by atoms with Gasteiger partial charge in [-0.15, -0.1) is 0 Å². The molecule has 0 aliphatic rings. The van der Waals surface area contributed by atoms with Gasteiger partial charge in [-0.1, -0.05) is 24.7 Å². The molecule has 0 saturated carbocycles. The van der Waals surface area contributed by atoms with Crippen LogP contribution in [0.4, 0.5) is 10.8 Å². The number of carbonyl (C=O) groups excluding carboxylic acids is 1. The van der Waals surface area contributed by atoms with Gasteiger partial charge < -0.3 is 10.1 Å². The van der Waals surface area contributed by atoms with Crippen molar-refractivity contribution in [1.29, 1.82) is 0 Å². The van der Waals surface area contributed by atoms with Crippen LogP contribution < -0.4 is 21.3 Å². The van der Waals surface area contributed by atoms with E-state index in [-0.39, 0.29) is 5.91 Å². The van der Waals surface area contributed by atoms with Crippen LogP contribution in [0.1, 0.15) is 26.2 Å². The Kier molecular flexibility index (Phi) is 4.75. The number of nitrogens with two attached hydrogens (primary N) is 1. The zero-order chi connectivity index (χ0) is 14.5. The first kappa shape index (κ1) is 14.5. The Morgan fingerprint density at radius 3 is 2.95 bits per heavy atom. The molecule has 0 bridgehead atoms. The molecule has 0 fully saturated rings. The van der Waals surface area contributed by atoms with E-state index in [0.717, 1.165) is 23.1 Å². The standard InChI is InChI=1S/C13H18N4O2S/c1-3-4-5-11(18)15-8-6-9(19-2)12-10(7-8)20-13(16-12)17-14/h6-7H,3-5,14H2,1-2H3,(H,15,18)(H,16,17). The number of hydrazine groups is 1. The van der Waals surface area contributed by atoms with Crippen LogP contribution >= 0.6 is 11.3 Å². The highest BCUT2D eigenvalue weighted by Crippen LogP contribution is 2.35. The molecule has 0 radical (unpaired) electrons. The third-order valence-corrected chi connectivity index (χ3v) is 3.78. The molecule has 0 unspecified atom stereocenters. The minimum absolute atomic E-state index is 0.00921. The number of fused-ring (bicyclic) bond motifs is 1. The predicted octanol–water partition coefficient (Wildman–Crippen LogP) is 2.72. The van der Waals surface area contributed by atoms with Crippen molar-refractivity contribution in [2.45, 2.75) is 26.2 Å². The molecular formula is C13H18N4O2S. The van der Waals surface area contributed by atoms with Gasteiger partial charge >= 0.3 is 0 Å². The number of aromatic nitrogens is 1. The van der Waals surface area contributed by atoms with Crippen LogP contribution in [0.5, 0.6) is 5.75 Å². The monoisotopic (exact) mass is 294 g/mol. The predicted molar refractivity (Wildman–Crippen MR) is 82.1 cm³/mol. The summed E-state index contributed by atoms with van der Waals surface area (Å²) in [7, 11) is 1.58. The lowest BCUT2D eigenvalue weighted by Gasteiger charge is -2.07. The molecule has 0 aliphatic heterocycles. The Hall–Kier alpha value is -1.86. The van der Waals surface area contributed by atoms with Gasteiger partial charge in [-0.25, -0.2) is 10.8 Å². The van der Waals surface area contributed by atoms with Gasteiger partial charge in [-0.05, 0) is 12.5 Å². The molecule has 0 saturated heterocycles. The maximum atomic E-state index is 11.8. The second-order valence-corrected chi connectivity index (χ2v) is 5.37. The van der Waals surface area contributed by atoms with Crippen molar-refractivity contribution in [2.75, 3.05) is 17.9 Å². The van der Waals surface area contributed by atoms with E-state index in [4.69, 9.17) is 10.6 Å². The highest BCUT2D eigenvalue weighted by atomic mass is 32.1. The van der Waals surface area contributed by atoms with Crippen LogP contribution in [0, 0.1) is 0 Å². The fourth-order valence-corrected chi connectivity index (χ4v) is 2.68. The molecule has 108 valence electrons. The number of thiazole rings is 1. The number of amides is 1. The Morgan fingerprint density at radius 1 is 1.50 bits per heavy atom. The number of benzene rings is 1. The SMILES string of the molecule is CCCCC(=O)Nc1cc(OC)c2nc(NN)sc2c1. The number of rotatable bonds is 6. The number of hydrogen-bond acceptors (Lipinski definition) is 6. The first-order valence-electron chi connectivity index (χ1n) is 6.43. The number of nitrogens with one attached hydrogen (secondary N) is 2. The highest BCUT2D eigenvalue weighted by Gasteiger charge is 2.12. The number of unbranched alkanes of at least 4 members (excludes halogenated alkanes) is 1. The van der Waals surface area contributed by atoms with E-state index in [9.17, 15) is 4.79 Å². The Labute approximate surface area is 121 Å². The summed E-state index contributed by atoms with van der Waals surface area (Å²) in [4.78, 5) is 16.1. The number of anilines is 2. The maximum absolute atomic E-state index is 11.8. The Bertz CT molecular complexity index is 612. The van der Waals surface area contributed by atoms with E-state index in [0.29, 0.717) is 23.0 Å². The topological polar surface area (TPSA) is 89.3 Å². The third kappa shape index (κ3) is 3.17. The Morgan fingerprint density at radius 2 is 2.30 bits per heavy atom. The number of nitrogen functional groups attached to an aromatic ring is 1. The smallest absolute Gasteiger partial charge is 0.224 e. The normalized spacial score (nSPS) is 10.6. The molecule has 2 aromatic rings. The van der Waals surface area contributed by atoms with Crippen LogP contribution in [0.3, 0.4) is 0 Å². The third-order valence-electron chi connectivity index (χ3n) is 2.84. The number of ether oxygens (including phenoxy) is 1. The summed E-state index contributed by atoms with van der Waals surface area (Å²) in [6.45, 7) is 2.06. The van der Waals surface area contributed by atoms with Gasteiger partial charge in [0.05, 0.1) is 11.8 Å². The maximum Gasteiger partial charge on any atom is 0.224 e. The molecule has 0 aliphatic carbocycles. The van der Waals surface area contributed by atoms with Crippen molar-refractivity contribution < 1.29 is 9.53 Å². The number of methoxy groups -OCH3 is 1. The fraction of sp³-hybridized carbons (Fsp3) is 0.385. The van der Waals surface area contributed by atoms with E-state index in [1.807, 2.05) is 6.07 Å². The first-order valence-corrected chi connectivity index (χ1v) is 7.24. The van der Waals surface area contributed by atoms with Crippen molar-refractivity contribution in [3.05, 3.63) is 12.1 Å². The number of hydrogen-bond donors (Lipinski definition) is 3. The summed E-state index contributed by atoms with van der Waals surface area (Å²) in [6.07, 6.45) is 2.40.